The Labute approximate surface area is 104 Å². The molecule has 2 rings (SSSR count). The fourth-order valence-corrected chi connectivity index (χ4v) is 3.00. The Morgan fingerprint density at radius 2 is 1.94 bits per heavy atom. The molecular weight excluding hydrogens is 216 g/mol. The van der Waals surface area contributed by atoms with Crippen LogP contribution in [-0.4, -0.2) is 48.7 Å². The fraction of sp³-hybridized carbons (Fsp3) is 0.923. The number of carbonyl (C=O) groups excluding carboxylic acids is 1. The van der Waals surface area contributed by atoms with Gasteiger partial charge in [0.05, 0.1) is 12.2 Å². The quantitative estimate of drug-likeness (QED) is 0.783. The van der Waals surface area contributed by atoms with Gasteiger partial charge >= 0.3 is 0 Å². The molecule has 17 heavy (non-hydrogen) atoms. The van der Waals surface area contributed by atoms with Crippen LogP contribution in [0.15, 0.2) is 0 Å². The zero-order valence-corrected chi connectivity index (χ0v) is 11.3. The molecular formula is C13H24N2O2. The predicted octanol–water partition coefficient (Wildman–Crippen LogP) is 1.01. The molecule has 0 bridgehead atoms. The Balaban J connectivity index is 1.88. The van der Waals surface area contributed by atoms with Crippen LogP contribution >= 0.6 is 0 Å². The molecule has 4 nitrogen and oxygen atoms in total. The summed E-state index contributed by atoms with van der Waals surface area (Å²) < 4.78 is 5.71. The normalized spacial score (nSPS) is 38.1. The first-order chi connectivity index (χ1) is 7.87. The lowest BCUT2D eigenvalue weighted by molar-refractivity contribution is -0.126. The summed E-state index contributed by atoms with van der Waals surface area (Å²) in [5.74, 6) is 0.192. The monoisotopic (exact) mass is 240 g/mol. The summed E-state index contributed by atoms with van der Waals surface area (Å²) in [6, 6.07) is 0.301. The van der Waals surface area contributed by atoms with E-state index in [9.17, 15) is 4.79 Å². The van der Waals surface area contributed by atoms with Crippen molar-refractivity contribution in [2.24, 2.45) is 5.41 Å². The Hall–Kier alpha value is -0.610. The van der Waals surface area contributed by atoms with Gasteiger partial charge in [-0.3, -0.25) is 9.69 Å². The highest BCUT2D eigenvalue weighted by atomic mass is 16.5. The second kappa shape index (κ2) is 4.58. The van der Waals surface area contributed by atoms with E-state index >= 15 is 0 Å². The minimum absolute atomic E-state index is 0.192. The Morgan fingerprint density at radius 1 is 1.35 bits per heavy atom. The molecule has 0 saturated carbocycles. The number of rotatable bonds is 2. The van der Waals surface area contributed by atoms with Gasteiger partial charge in [-0.05, 0) is 20.3 Å². The number of hydrogen-bond donors (Lipinski definition) is 1. The van der Waals surface area contributed by atoms with Crippen LogP contribution < -0.4 is 5.32 Å². The number of nitrogens with zero attached hydrogens (tertiary/aromatic N) is 1. The van der Waals surface area contributed by atoms with Crippen LogP contribution in [0.25, 0.3) is 0 Å². The SMILES string of the molecule is C[C@@H]1CN(C[C@H]2CC(C)(C)C(=O)N2)C[C@H](C)O1. The molecule has 1 N–H and O–H groups in total. The van der Waals surface area contributed by atoms with Crippen LogP contribution in [0.4, 0.5) is 0 Å². The van der Waals surface area contributed by atoms with Gasteiger partial charge in [0.25, 0.3) is 0 Å². The smallest absolute Gasteiger partial charge is 0.225 e. The molecule has 0 unspecified atom stereocenters. The van der Waals surface area contributed by atoms with Crippen LogP contribution in [0.3, 0.4) is 0 Å². The summed E-state index contributed by atoms with van der Waals surface area (Å²) in [5.41, 5.74) is -0.200. The minimum atomic E-state index is -0.200. The second-order valence-electron chi connectivity index (χ2n) is 6.23. The third-order valence-electron chi connectivity index (χ3n) is 3.68. The van der Waals surface area contributed by atoms with Crippen LogP contribution in [0.1, 0.15) is 34.1 Å². The summed E-state index contributed by atoms with van der Waals surface area (Å²) in [6.07, 6.45) is 1.53. The number of hydrogen-bond acceptors (Lipinski definition) is 3. The summed E-state index contributed by atoms with van der Waals surface area (Å²) >= 11 is 0. The first-order valence-electron chi connectivity index (χ1n) is 6.55. The number of nitrogens with one attached hydrogen (secondary N) is 1. The van der Waals surface area contributed by atoms with E-state index in [-0.39, 0.29) is 11.3 Å². The van der Waals surface area contributed by atoms with Gasteiger partial charge in [-0.15, -0.1) is 0 Å². The van der Waals surface area contributed by atoms with Crippen molar-refractivity contribution in [1.29, 1.82) is 0 Å². The van der Waals surface area contributed by atoms with E-state index in [0.29, 0.717) is 18.2 Å². The van der Waals surface area contributed by atoms with Gasteiger partial charge in [0, 0.05) is 31.1 Å². The van der Waals surface area contributed by atoms with Gasteiger partial charge in [0.15, 0.2) is 0 Å². The molecule has 2 heterocycles. The van der Waals surface area contributed by atoms with Gasteiger partial charge in [0.2, 0.25) is 5.91 Å². The maximum Gasteiger partial charge on any atom is 0.225 e. The van der Waals surface area contributed by atoms with E-state index in [1.54, 1.807) is 0 Å². The van der Waals surface area contributed by atoms with E-state index in [0.717, 1.165) is 26.1 Å². The molecule has 2 saturated heterocycles. The van der Waals surface area contributed by atoms with E-state index in [1.807, 2.05) is 13.8 Å². The van der Waals surface area contributed by atoms with Gasteiger partial charge in [0.1, 0.15) is 0 Å². The van der Waals surface area contributed by atoms with Gasteiger partial charge in [-0.25, -0.2) is 0 Å². The first-order valence-corrected chi connectivity index (χ1v) is 6.55. The average molecular weight is 240 g/mol. The maximum absolute atomic E-state index is 11.7. The molecule has 3 atom stereocenters. The van der Waals surface area contributed by atoms with E-state index in [4.69, 9.17) is 4.74 Å². The molecule has 0 radical (unpaired) electrons. The van der Waals surface area contributed by atoms with Gasteiger partial charge in [-0.2, -0.15) is 0 Å². The number of carbonyl (C=O) groups is 1. The molecule has 0 aliphatic carbocycles. The van der Waals surface area contributed by atoms with E-state index < -0.39 is 0 Å². The van der Waals surface area contributed by atoms with Crippen molar-refractivity contribution in [2.45, 2.75) is 52.4 Å². The van der Waals surface area contributed by atoms with Gasteiger partial charge < -0.3 is 10.1 Å². The topological polar surface area (TPSA) is 41.6 Å². The van der Waals surface area contributed by atoms with Crippen LogP contribution in [-0.2, 0) is 9.53 Å². The van der Waals surface area contributed by atoms with Crippen molar-refractivity contribution in [3.05, 3.63) is 0 Å². The van der Waals surface area contributed by atoms with Crippen molar-refractivity contribution in [3.63, 3.8) is 0 Å². The fourth-order valence-electron chi connectivity index (χ4n) is 3.00. The van der Waals surface area contributed by atoms with E-state index in [2.05, 4.69) is 24.1 Å². The lowest BCUT2D eigenvalue weighted by Crippen LogP contribution is -2.49. The average Bonchev–Trinajstić information content (AvgIpc) is 2.37. The Morgan fingerprint density at radius 3 is 2.41 bits per heavy atom. The highest BCUT2D eigenvalue weighted by molar-refractivity contribution is 5.84. The zero-order valence-electron chi connectivity index (χ0n) is 11.3. The van der Waals surface area contributed by atoms with Crippen LogP contribution in [0.2, 0.25) is 0 Å². The second-order valence-corrected chi connectivity index (χ2v) is 6.23. The predicted molar refractivity (Wildman–Crippen MR) is 66.8 cm³/mol. The third kappa shape index (κ3) is 2.99. The summed E-state index contributed by atoms with van der Waals surface area (Å²) in [4.78, 5) is 14.1. The van der Waals surface area contributed by atoms with Crippen molar-refractivity contribution < 1.29 is 9.53 Å². The van der Waals surface area contributed by atoms with Crippen molar-refractivity contribution in [3.8, 4) is 0 Å². The number of ether oxygens (including phenoxy) is 1. The Bertz CT molecular complexity index is 294. The highest BCUT2D eigenvalue weighted by Gasteiger charge is 2.39. The van der Waals surface area contributed by atoms with Gasteiger partial charge in [-0.1, -0.05) is 13.8 Å². The first kappa shape index (κ1) is 12.8. The van der Waals surface area contributed by atoms with Crippen molar-refractivity contribution >= 4 is 5.91 Å². The highest BCUT2D eigenvalue weighted by Crippen LogP contribution is 2.29. The summed E-state index contributed by atoms with van der Waals surface area (Å²) in [5, 5.41) is 3.10. The Kier molecular flexibility index (Phi) is 3.46. The molecule has 4 heteroatoms. The van der Waals surface area contributed by atoms with Crippen LogP contribution in [0, 0.1) is 5.41 Å². The third-order valence-corrected chi connectivity index (χ3v) is 3.68. The molecule has 0 aromatic carbocycles. The largest absolute Gasteiger partial charge is 0.373 e. The van der Waals surface area contributed by atoms with Crippen LogP contribution in [0.5, 0.6) is 0 Å². The molecule has 1 amide bonds. The molecule has 2 aliphatic rings. The molecule has 0 aromatic heterocycles. The molecule has 98 valence electrons. The lowest BCUT2D eigenvalue weighted by Gasteiger charge is -2.36. The van der Waals surface area contributed by atoms with E-state index in [1.165, 1.54) is 0 Å². The minimum Gasteiger partial charge on any atom is -0.373 e. The number of morpholine rings is 1. The molecule has 0 spiro atoms. The molecule has 2 aliphatic heterocycles. The summed E-state index contributed by atoms with van der Waals surface area (Å²) in [6.45, 7) is 11.2. The zero-order chi connectivity index (χ0) is 12.6. The van der Waals surface area contributed by atoms with Crippen molar-refractivity contribution in [2.75, 3.05) is 19.6 Å². The summed E-state index contributed by atoms with van der Waals surface area (Å²) in [7, 11) is 0. The molecule has 2 fully saturated rings. The number of amides is 1. The standard InChI is InChI=1S/C13H24N2O2/c1-9-6-15(7-10(2)17-9)8-11-5-13(3,4)12(16)14-11/h9-11H,5-8H2,1-4H3,(H,14,16)/t9-,10+,11-/m1/s1. The molecule has 0 aromatic rings. The maximum atomic E-state index is 11.7. The van der Waals surface area contributed by atoms with Crippen molar-refractivity contribution in [1.82, 2.24) is 10.2 Å². The lowest BCUT2D eigenvalue weighted by atomic mass is 9.90.